The molecule has 0 spiro atoms. The summed E-state index contributed by atoms with van der Waals surface area (Å²) in [5, 5.41) is 3.34. The van der Waals surface area contributed by atoms with Crippen molar-refractivity contribution in [2.75, 3.05) is 10.0 Å². The van der Waals surface area contributed by atoms with Crippen molar-refractivity contribution < 1.29 is 17.9 Å². The number of nitrogens with one attached hydrogen (secondary N) is 2. The van der Waals surface area contributed by atoms with Crippen LogP contribution in [0.4, 0.5) is 11.4 Å². The number of hydrogen-bond acceptors (Lipinski definition) is 4. The van der Waals surface area contributed by atoms with E-state index in [1.807, 2.05) is 32.0 Å². The van der Waals surface area contributed by atoms with Crippen LogP contribution in [0.25, 0.3) is 0 Å². The maximum absolute atomic E-state index is 12.6. The maximum atomic E-state index is 12.6. The van der Waals surface area contributed by atoms with Crippen LogP contribution < -0.4 is 14.8 Å². The summed E-state index contributed by atoms with van der Waals surface area (Å²) in [6.45, 7) is 3.79. The molecule has 0 aliphatic carbocycles. The summed E-state index contributed by atoms with van der Waals surface area (Å²) in [4.78, 5) is 12.6. The van der Waals surface area contributed by atoms with Gasteiger partial charge in [-0.05, 0) is 73.5 Å². The number of carbonyl (C=O) groups is 1. The molecule has 1 amide bonds. The number of amides is 1. The molecule has 168 valence electrons. The lowest BCUT2D eigenvalue weighted by Gasteiger charge is -2.18. The third-order valence-electron chi connectivity index (χ3n) is 4.54. The zero-order valence-electron chi connectivity index (χ0n) is 17.4. The van der Waals surface area contributed by atoms with Crippen LogP contribution in [-0.4, -0.2) is 20.4 Å². The quantitative estimate of drug-likeness (QED) is 0.409. The van der Waals surface area contributed by atoms with Crippen LogP contribution in [0, 0.1) is 6.92 Å². The number of hydrogen-bond donors (Lipinski definition) is 2. The van der Waals surface area contributed by atoms with Gasteiger partial charge in [-0.1, -0.05) is 42.3 Å². The van der Waals surface area contributed by atoms with Crippen LogP contribution in [0.2, 0.25) is 10.0 Å². The van der Waals surface area contributed by atoms with Gasteiger partial charge in [-0.15, -0.1) is 0 Å². The summed E-state index contributed by atoms with van der Waals surface area (Å²) in [7, 11) is -3.87. The Hall–Kier alpha value is -2.74. The Bertz CT molecular complexity index is 1210. The molecule has 0 unspecified atom stereocenters. The molecule has 1 atom stereocenters. The number of rotatable bonds is 8. The van der Waals surface area contributed by atoms with E-state index in [2.05, 4.69) is 10.0 Å². The van der Waals surface area contributed by atoms with Crippen LogP contribution in [0.1, 0.15) is 18.9 Å². The minimum absolute atomic E-state index is 0.0181. The Morgan fingerprint density at radius 3 is 2.38 bits per heavy atom. The first-order valence-electron chi connectivity index (χ1n) is 9.80. The van der Waals surface area contributed by atoms with Crippen molar-refractivity contribution in [3.63, 3.8) is 0 Å². The van der Waals surface area contributed by atoms with Gasteiger partial charge in [-0.2, -0.15) is 0 Å². The summed E-state index contributed by atoms with van der Waals surface area (Å²) in [5.74, 6) is 0.288. The molecule has 0 aliphatic rings. The van der Waals surface area contributed by atoms with Crippen LogP contribution >= 0.6 is 23.2 Å². The normalized spacial score (nSPS) is 12.1. The molecule has 0 saturated carbocycles. The van der Waals surface area contributed by atoms with E-state index in [4.69, 9.17) is 27.9 Å². The van der Waals surface area contributed by atoms with Gasteiger partial charge in [0.15, 0.2) is 6.10 Å². The van der Waals surface area contributed by atoms with E-state index in [-0.39, 0.29) is 21.5 Å². The van der Waals surface area contributed by atoms with Gasteiger partial charge in [0.25, 0.3) is 15.9 Å². The van der Waals surface area contributed by atoms with Crippen molar-refractivity contribution in [3.8, 4) is 5.75 Å². The molecule has 0 saturated heterocycles. The highest BCUT2D eigenvalue weighted by Crippen LogP contribution is 2.28. The van der Waals surface area contributed by atoms with Crippen molar-refractivity contribution in [2.24, 2.45) is 0 Å². The average Bonchev–Trinajstić information content (AvgIpc) is 2.74. The van der Waals surface area contributed by atoms with E-state index in [0.717, 1.165) is 5.56 Å². The molecule has 0 bridgehead atoms. The van der Waals surface area contributed by atoms with Gasteiger partial charge in [-0.3, -0.25) is 9.52 Å². The molecule has 0 fully saturated rings. The highest BCUT2D eigenvalue weighted by Gasteiger charge is 2.20. The van der Waals surface area contributed by atoms with Gasteiger partial charge < -0.3 is 10.1 Å². The monoisotopic (exact) mass is 492 g/mol. The fourth-order valence-corrected chi connectivity index (χ4v) is 4.48. The predicted octanol–water partition coefficient (Wildman–Crippen LogP) is 5.90. The fraction of sp³-hybridized carbons (Fsp3) is 0.174. The molecule has 0 radical (unpaired) electrons. The first-order valence-corrected chi connectivity index (χ1v) is 12.0. The van der Waals surface area contributed by atoms with Crippen LogP contribution in [0.3, 0.4) is 0 Å². The summed E-state index contributed by atoms with van der Waals surface area (Å²) in [5.41, 5.74) is 1.69. The molecule has 32 heavy (non-hydrogen) atoms. The Morgan fingerprint density at radius 1 is 1.03 bits per heavy atom. The number of sulfonamides is 1. The lowest BCUT2D eigenvalue weighted by Crippen LogP contribution is -2.32. The van der Waals surface area contributed by atoms with Crippen molar-refractivity contribution in [3.05, 3.63) is 82.3 Å². The molecule has 0 aliphatic heterocycles. The first-order chi connectivity index (χ1) is 15.2. The smallest absolute Gasteiger partial charge is 0.265 e. The Labute approximate surface area is 197 Å². The Kier molecular flexibility index (Phi) is 7.66. The van der Waals surface area contributed by atoms with E-state index in [1.54, 1.807) is 6.07 Å². The molecular formula is C23H22Cl2N2O4S. The molecule has 2 N–H and O–H groups in total. The van der Waals surface area contributed by atoms with Crippen molar-refractivity contribution in [1.29, 1.82) is 0 Å². The van der Waals surface area contributed by atoms with Gasteiger partial charge >= 0.3 is 0 Å². The molecule has 3 aromatic carbocycles. The third-order valence-corrected chi connectivity index (χ3v) is 6.47. The Morgan fingerprint density at radius 2 is 1.75 bits per heavy atom. The summed E-state index contributed by atoms with van der Waals surface area (Å²) in [6.07, 6.45) is -0.216. The number of carbonyl (C=O) groups excluding carboxylic acids is 1. The zero-order chi connectivity index (χ0) is 23.3. The van der Waals surface area contributed by atoms with Crippen LogP contribution in [-0.2, 0) is 14.8 Å². The van der Waals surface area contributed by atoms with E-state index >= 15 is 0 Å². The van der Waals surface area contributed by atoms with Gasteiger partial charge in [0.05, 0.1) is 15.6 Å². The fourth-order valence-electron chi connectivity index (χ4n) is 2.89. The van der Waals surface area contributed by atoms with Crippen molar-refractivity contribution >= 4 is 50.5 Å². The average molecular weight is 493 g/mol. The summed E-state index contributed by atoms with van der Waals surface area (Å²) >= 11 is 11.9. The lowest BCUT2D eigenvalue weighted by atomic mass is 10.2. The summed E-state index contributed by atoms with van der Waals surface area (Å²) in [6, 6.07) is 17.7. The number of aryl methyl sites for hydroxylation is 1. The van der Waals surface area contributed by atoms with E-state index in [0.29, 0.717) is 22.9 Å². The topological polar surface area (TPSA) is 84.5 Å². The second-order valence-corrected chi connectivity index (χ2v) is 9.60. The van der Waals surface area contributed by atoms with E-state index < -0.39 is 16.1 Å². The third kappa shape index (κ3) is 6.16. The SMILES string of the molecule is CC[C@H](Oc1cccc(C)c1)C(=O)Nc1ccc(S(=O)(=O)Nc2ccc(Cl)cc2Cl)cc1. The molecule has 3 rings (SSSR count). The molecule has 6 nitrogen and oxygen atoms in total. The first kappa shape index (κ1) is 23.9. The minimum atomic E-state index is -3.87. The zero-order valence-corrected chi connectivity index (χ0v) is 19.8. The molecule has 3 aromatic rings. The van der Waals surface area contributed by atoms with Gasteiger partial charge in [0, 0.05) is 10.7 Å². The van der Waals surface area contributed by atoms with Crippen LogP contribution in [0.5, 0.6) is 5.75 Å². The highest BCUT2D eigenvalue weighted by atomic mass is 35.5. The van der Waals surface area contributed by atoms with Gasteiger partial charge in [0.1, 0.15) is 5.75 Å². The predicted molar refractivity (Wildman–Crippen MR) is 128 cm³/mol. The number of ether oxygens (including phenoxy) is 1. The molecule has 9 heteroatoms. The largest absolute Gasteiger partial charge is 0.481 e. The van der Waals surface area contributed by atoms with Gasteiger partial charge in [0.2, 0.25) is 0 Å². The molecule has 0 heterocycles. The molecular weight excluding hydrogens is 471 g/mol. The van der Waals surface area contributed by atoms with Crippen molar-refractivity contribution in [2.45, 2.75) is 31.3 Å². The Balaban J connectivity index is 1.68. The maximum Gasteiger partial charge on any atom is 0.265 e. The molecule has 0 aromatic heterocycles. The second kappa shape index (κ2) is 10.3. The van der Waals surface area contributed by atoms with E-state index in [9.17, 15) is 13.2 Å². The van der Waals surface area contributed by atoms with E-state index in [1.165, 1.54) is 42.5 Å². The highest BCUT2D eigenvalue weighted by molar-refractivity contribution is 7.92. The van der Waals surface area contributed by atoms with Gasteiger partial charge in [-0.25, -0.2) is 8.42 Å². The summed E-state index contributed by atoms with van der Waals surface area (Å²) < 4.78 is 33.5. The van der Waals surface area contributed by atoms with Crippen molar-refractivity contribution in [1.82, 2.24) is 0 Å². The number of anilines is 2. The minimum Gasteiger partial charge on any atom is -0.481 e. The number of benzene rings is 3. The second-order valence-electron chi connectivity index (χ2n) is 7.07. The van der Waals surface area contributed by atoms with Crippen LogP contribution in [0.15, 0.2) is 71.6 Å². The standard InChI is InChI=1S/C23H22Cl2N2O4S/c1-3-22(31-18-6-4-5-15(2)13-18)23(28)26-17-8-10-19(11-9-17)32(29,30)27-21-12-7-16(24)14-20(21)25/h4-14,22,27H,3H2,1-2H3,(H,26,28)/t22-/m0/s1. The lowest BCUT2D eigenvalue weighted by molar-refractivity contribution is -0.122. The number of halogens is 2.